The molecule has 1 atom stereocenters. The third kappa shape index (κ3) is 6.58. The van der Waals surface area contributed by atoms with Gasteiger partial charge in [0.1, 0.15) is 6.10 Å². The zero-order valence-corrected chi connectivity index (χ0v) is 8.34. The Balaban J connectivity index is 3.34. The van der Waals surface area contributed by atoms with Gasteiger partial charge in [-0.3, -0.25) is 0 Å². The summed E-state index contributed by atoms with van der Waals surface area (Å²) in [7, 11) is 1.67. The van der Waals surface area contributed by atoms with Gasteiger partial charge in [0.05, 0.1) is 13.2 Å². The third-order valence-electron chi connectivity index (χ3n) is 1.41. The van der Waals surface area contributed by atoms with Gasteiger partial charge in [-0.15, -0.1) is 0 Å². The predicted molar refractivity (Wildman–Crippen MR) is 48.4 cm³/mol. The molecule has 0 aromatic carbocycles. The molecule has 1 unspecified atom stereocenters. The van der Waals surface area contributed by atoms with E-state index in [1.54, 1.807) is 7.11 Å². The zero-order chi connectivity index (χ0) is 9.23. The molecule has 0 spiro atoms. The number of rotatable bonds is 8. The minimum absolute atomic E-state index is 0.0894. The van der Waals surface area contributed by atoms with Gasteiger partial charge < -0.3 is 14.2 Å². The van der Waals surface area contributed by atoms with Gasteiger partial charge in [0.2, 0.25) is 0 Å². The average Bonchev–Trinajstić information content (AvgIpc) is 2.06. The minimum Gasteiger partial charge on any atom is -0.382 e. The van der Waals surface area contributed by atoms with Crippen LogP contribution in [0, 0.1) is 0 Å². The summed E-state index contributed by atoms with van der Waals surface area (Å²) in [6.45, 7) is 6.82. The number of methoxy groups -OCH3 is 1. The Hall–Kier alpha value is -0.120. The highest BCUT2D eigenvalue weighted by Crippen LogP contribution is 1.94. The Labute approximate surface area is 75.0 Å². The van der Waals surface area contributed by atoms with E-state index in [-0.39, 0.29) is 6.10 Å². The molecule has 0 aromatic rings. The zero-order valence-electron chi connectivity index (χ0n) is 8.34. The summed E-state index contributed by atoms with van der Waals surface area (Å²) < 4.78 is 15.7. The Kier molecular flexibility index (Phi) is 8.88. The largest absolute Gasteiger partial charge is 0.382 e. The van der Waals surface area contributed by atoms with E-state index in [9.17, 15) is 0 Å². The van der Waals surface area contributed by atoms with Crippen molar-refractivity contribution in [2.75, 3.05) is 33.5 Å². The fourth-order valence-corrected chi connectivity index (χ4v) is 0.925. The van der Waals surface area contributed by atoms with Gasteiger partial charge in [0, 0.05) is 20.3 Å². The smallest absolute Gasteiger partial charge is 0.104 e. The van der Waals surface area contributed by atoms with Crippen molar-refractivity contribution in [1.29, 1.82) is 0 Å². The molecule has 3 heteroatoms. The first-order chi connectivity index (χ1) is 5.85. The van der Waals surface area contributed by atoms with E-state index < -0.39 is 0 Å². The van der Waals surface area contributed by atoms with Crippen LogP contribution in [0.5, 0.6) is 0 Å². The van der Waals surface area contributed by atoms with Crippen LogP contribution in [0.4, 0.5) is 0 Å². The minimum atomic E-state index is 0.0894. The molecular formula is C9H20O3. The van der Waals surface area contributed by atoms with Crippen LogP contribution < -0.4 is 0 Å². The van der Waals surface area contributed by atoms with Gasteiger partial charge in [-0.05, 0) is 13.3 Å². The van der Waals surface area contributed by atoms with E-state index in [1.165, 1.54) is 0 Å². The van der Waals surface area contributed by atoms with Crippen LogP contribution in [0.15, 0.2) is 0 Å². The summed E-state index contributed by atoms with van der Waals surface area (Å²) in [6.07, 6.45) is 1.14. The molecule has 0 aliphatic heterocycles. The molecule has 74 valence electrons. The van der Waals surface area contributed by atoms with E-state index in [1.807, 2.05) is 6.92 Å². The normalized spacial score (nSPS) is 13.2. The lowest BCUT2D eigenvalue weighted by atomic mass is 10.4. The lowest BCUT2D eigenvalue weighted by molar-refractivity contribution is -0.0469. The molecule has 0 N–H and O–H groups in total. The second-order valence-electron chi connectivity index (χ2n) is 2.61. The van der Waals surface area contributed by atoms with Crippen molar-refractivity contribution in [2.45, 2.75) is 26.4 Å². The molecule has 0 rings (SSSR count). The molecule has 0 aliphatic rings. The van der Waals surface area contributed by atoms with Crippen molar-refractivity contribution < 1.29 is 14.2 Å². The predicted octanol–water partition coefficient (Wildman–Crippen LogP) is 1.46. The molecule has 0 fully saturated rings. The maximum atomic E-state index is 5.38. The van der Waals surface area contributed by atoms with E-state index in [2.05, 4.69) is 6.92 Å². The van der Waals surface area contributed by atoms with Crippen LogP contribution in [-0.4, -0.2) is 39.6 Å². The van der Waals surface area contributed by atoms with Crippen molar-refractivity contribution in [3.05, 3.63) is 0 Å². The molecule has 0 saturated carbocycles. The van der Waals surface area contributed by atoms with Gasteiger partial charge in [-0.2, -0.15) is 0 Å². The maximum Gasteiger partial charge on any atom is 0.104 e. The Morgan fingerprint density at radius 1 is 1.17 bits per heavy atom. The number of hydrogen-bond acceptors (Lipinski definition) is 3. The molecule has 3 nitrogen and oxygen atoms in total. The Bertz CT molecular complexity index is 79.8. The van der Waals surface area contributed by atoms with Gasteiger partial charge in [0.25, 0.3) is 0 Å². The van der Waals surface area contributed by atoms with Crippen LogP contribution >= 0.6 is 0 Å². The molecule has 0 aromatic heterocycles. The molecule has 12 heavy (non-hydrogen) atoms. The molecule has 0 amide bonds. The third-order valence-corrected chi connectivity index (χ3v) is 1.41. The fraction of sp³-hybridized carbons (Fsp3) is 1.00. The van der Waals surface area contributed by atoms with E-state index in [0.717, 1.165) is 13.0 Å². The fourth-order valence-electron chi connectivity index (χ4n) is 0.925. The highest BCUT2D eigenvalue weighted by molar-refractivity contribution is 4.53. The quantitative estimate of drug-likeness (QED) is 0.524. The highest BCUT2D eigenvalue weighted by Gasteiger charge is 2.06. The van der Waals surface area contributed by atoms with Crippen LogP contribution in [0.25, 0.3) is 0 Å². The Morgan fingerprint density at radius 3 is 2.42 bits per heavy atom. The molecular weight excluding hydrogens is 156 g/mol. The number of hydrogen-bond donors (Lipinski definition) is 0. The standard InChI is InChI=1S/C9H20O3/c1-4-6-11-8-9(7-10-3)12-5-2/h9H,4-8H2,1-3H3. The van der Waals surface area contributed by atoms with Crippen molar-refractivity contribution >= 4 is 0 Å². The molecule has 0 bridgehead atoms. The second-order valence-corrected chi connectivity index (χ2v) is 2.61. The van der Waals surface area contributed by atoms with Crippen LogP contribution in [0.1, 0.15) is 20.3 Å². The topological polar surface area (TPSA) is 27.7 Å². The lowest BCUT2D eigenvalue weighted by Crippen LogP contribution is -2.25. The van der Waals surface area contributed by atoms with E-state index in [4.69, 9.17) is 14.2 Å². The van der Waals surface area contributed by atoms with Crippen molar-refractivity contribution in [3.8, 4) is 0 Å². The van der Waals surface area contributed by atoms with Crippen LogP contribution in [0.2, 0.25) is 0 Å². The van der Waals surface area contributed by atoms with E-state index >= 15 is 0 Å². The highest BCUT2D eigenvalue weighted by atomic mass is 16.6. The van der Waals surface area contributed by atoms with Crippen molar-refractivity contribution in [1.82, 2.24) is 0 Å². The van der Waals surface area contributed by atoms with E-state index in [0.29, 0.717) is 19.8 Å². The van der Waals surface area contributed by atoms with Gasteiger partial charge in [0.15, 0.2) is 0 Å². The second kappa shape index (κ2) is 8.97. The summed E-state index contributed by atoms with van der Waals surface area (Å²) in [6, 6.07) is 0. The van der Waals surface area contributed by atoms with Crippen molar-refractivity contribution in [2.24, 2.45) is 0 Å². The molecule has 0 aliphatic carbocycles. The van der Waals surface area contributed by atoms with Crippen LogP contribution in [-0.2, 0) is 14.2 Å². The lowest BCUT2D eigenvalue weighted by Gasteiger charge is -2.15. The van der Waals surface area contributed by atoms with Gasteiger partial charge in [-0.1, -0.05) is 6.92 Å². The molecule has 0 radical (unpaired) electrons. The van der Waals surface area contributed by atoms with Gasteiger partial charge >= 0.3 is 0 Å². The van der Waals surface area contributed by atoms with Crippen molar-refractivity contribution in [3.63, 3.8) is 0 Å². The maximum absolute atomic E-state index is 5.38. The molecule has 0 saturated heterocycles. The summed E-state index contributed by atoms with van der Waals surface area (Å²) in [5.74, 6) is 0. The first kappa shape index (κ1) is 11.9. The summed E-state index contributed by atoms with van der Waals surface area (Å²) in [4.78, 5) is 0. The van der Waals surface area contributed by atoms with Crippen LogP contribution in [0.3, 0.4) is 0 Å². The average molecular weight is 176 g/mol. The number of ether oxygens (including phenoxy) is 3. The van der Waals surface area contributed by atoms with Gasteiger partial charge in [-0.25, -0.2) is 0 Å². The SMILES string of the molecule is CCCOCC(COC)OCC. The first-order valence-electron chi connectivity index (χ1n) is 4.53. The molecule has 0 heterocycles. The summed E-state index contributed by atoms with van der Waals surface area (Å²) in [5, 5.41) is 0. The monoisotopic (exact) mass is 176 g/mol. The summed E-state index contributed by atoms with van der Waals surface area (Å²) >= 11 is 0. The Morgan fingerprint density at radius 2 is 1.92 bits per heavy atom. The summed E-state index contributed by atoms with van der Waals surface area (Å²) in [5.41, 5.74) is 0. The first-order valence-corrected chi connectivity index (χ1v) is 4.53.